The van der Waals surface area contributed by atoms with Gasteiger partial charge in [0.1, 0.15) is 29.8 Å². The molecule has 0 fully saturated rings. The molecule has 136 valence electrons. The summed E-state index contributed by atoms with van der Waals surface area (Å²) < 4.78 is 11.8. The second-order valence-corrected chi connectivity index (χ2v) is 6.37. The Kier molecular flexibility index (Phi) is 7.64. The summed E-state index contributed by atoms with van der Waals surface area (Å²) in [6.45, 7) is 6.76. The van der Waals surface area contributed by atoms with Gasteiger partial charge in [0, 0.05) is 22.7 Å². The van der Waals surface area contributed by atoms with Crippen molar-refractivity contribution in [3.8, 4) is 17.4 Å². The highest BCUT2D eigenvalue weighted by Gasteiger charge is 2.13. The molecule has 1 aromatic carbocycles. The van der Waals surface area contributed by atoms with Crippen molar-refractivity contribution in [2.24, 2.45) is 0 Å². The maximum Gasteiger partial charge on any atom is 0.349 e. The fourth-order valence-corrected chi connectivity index (χ4v) is 2.88. The lowest BCUT2D eigenvalue weighted by Crippen LogP contribution is -2.28. The molecule has 0 aliphatic rings. The van der Waals surface area contributed by atoms with Crippen LogP contribution in [0.3, 0.4) is 0 Å². The second-order valence-electron chi connectivity index (χ2n) is 5.51. The third-order valence-electron chi connectivity index (χ3n) is 3.93. The van der Waals surface area contributed by atoms with E-state index in [4.69, 9.17) is 9.15 Å². The van der Waals surface area contributed by atoms with Gasteiger partial charge in [-0.25, -0.2) is 4.79 Å². The third-order valence-corrected chi connectivity index (χ3v) is 4.62. The standard InChI is InChI=1S/C20H21BrN2O3/c1-3-23(4-2)11-12-25-20(24)15(14-22)13-16-9-10-19(26-16)17-7-5-6-8-18(17)21/h5-10,13H,3-4,11-12H2,1-2H3/b15-13+. The Morgan fingerprint density at radius 2 is 2.00 bits per heavy atom. The molecule has 5 nitrogen and oxygen atoms in total. The van der Waals surface area contributed by atoms with Gasteiger partial charge >= 0.3 is 5.97 Å². The van der Waals surface area contributed by atoms with E-state index in [1.165, 1.54) is 6.08 Å². The number of furan rings is 1. The molecule has 0 bridgehead atoms. The summed E-state index contributed by atoms with van der Waals surface area (Å²) in [7, 11) is 0. The van der Waals surface area contributed by atoms with Crippen molar-refractivity contribution in [1.82, 2.24) is 4.90 Å². The minimum Gasteiger partial charge on any atom is -0.460 e. The number of benzene rings is 1. The number of carbonyl (C=O) groups excluding carboxylic acids is 1. The smallest absolute Gasteiger partial charge is 0.349 e. The number of hydrogen-bond acceptors (Lipinski definition) is 5. The molecular weight excluding hydrogens is 396 g/mol. The van der Waals surface area contributed by atoms with E-state index >= 15 is 0 Å². The fraction of sp³-hybridized carbons (Fsp3) is 0.300. The number of nitriles is 1. The van der Waals surface area contributed by atoms with Crippen LogP contribution in [0.5, 0.6) is 0 Å². The number of nitrogens with zero attached hydrogens (tertiary/aromatic N) is 2. The van der Waals surface area contributed by atoms with Gasteiger partial charge in [-0.1, -0.05) is 48.0 Å². The van der Waals surface area contributed by atoms with Crippen LogP contribution < -0.4 is 0 Å². The molecule has 1 aromatic heterocycles. The van der Waals surface area contributed by atoms with Crippen LogP contribution in [0.2, 0.25) is 0 Å². The maximum atomic E-state index is 12.1. The Hall–Kier alpha value is -2.36. The average molecular weight is 417 g/mol. The molecule has 0 unspecified atom stereocenters. The van der Waals surface area contributed by atoms with Gasteiger partial charge in [0.05, 0.1) is 0 Å². The van der Waals surface area contributed by atoms with E-state index in [2.05, 4.69) is 20.8 Å². The molecule has 1 heterocycles. The number of ether oxygens (including phenoxy) is 1. The molecular formula is C20H21BrN2O3. The lowest BCUT2D eigenvalue weighted by atomic mass is 10.2. The molecule has 0 aliphatic carbocycles. The highest BCUT2D eigenvalue weighted by atomic mass is 79.9. The van der Waals surface area contributed by atoms with Crippen LogP contribution >= 0.6 is 15.9 Å². The lowest BCUT2D eigenvalue weighted by Gasteiger charge is -2.17. The van der Waals surface area contributed by atoms with Gasteiger partial charge in [-0.15, -0.1) is 0 Å². The number of rotatable bonds is 8. The molecule has 0 aliphatic heterocycles. The summed E-state index contributed by atoms with van der Waals surface area (Å²) in [6.07, 6.45) is 1.40. The Morgan fingerprint density at radius 3 is 2.65 bits per heavy atom. The van der Waals surface area contributed by atoms with Crippen molar-refractivity contribution >= 4 is 28.0 Å². The van der Waals surface area contributed by atoms with Crippen LogP contribution in [0.25, 0.3) is 17.4 Å². The van der Waals surface area contributed by atoms with E-state index in [-0.39, 0.29) is 12.2 Å². The van der Waals surface area contributed by atoms with Gasteiger partial charge in [-0.05, 0) is 31.3 Å². The Balaban J connectivity index is 2.06. The molecule has 6 heteroatoms. The summed E-state index contributed by atoms with van der Waals surface area (Å²) in [6, 6.07) is 13.1. The molecule has 26 heavy (non-hydrogen) atoms. The van der Waals surface area contributed by atoms with Gasteiger partial charge in [0.2, 0.25) is 0 Å². The highest BCUT2D eigenvalue weighted by Crippen LogP contribution is 2.29. The van der Waals surface area contributed by atoms with Crippen molar-refractivity contribution < 1.29 is 13.9 Å². The van der Waals surface area contributed by atoms with Gasteiger partial charge in [0.25, 0.3) is 0 Å². The second kappa shape index (κ2) is 9.95. The number of likely N-dealkylation sites (N-methyl/N-ethyl adjacent to an activating group) is 1. The van der Waals surface area contributed by atoms with E-state index in [0.717, 1.165) is 23.1 Å². The van der Waals surface area contributed by atoms with E-state index < -0.39 is 5.97 Å². The van der Waals surface area contributed by atoms with Crippen molar-refractivity contribution in [1.29, 1.82) is 5.26 Å². The first-order chi connectivity index (χ1) is 12.6. The van der Waals surface area contributed by atoms with Crippen LogP contribution in [0.15, 0.2) is 50.9 Å². The van der Waals surface area contributed by atoms with Crippen LogP contribution in [0.1, 0.15) is 19.6 Å². The van der Waals surface area contributed by atoms with Crippen molar-refractivity contribution in [3.05, 3.63) is 52.2 Å². The lowest BCUT2D eigenvalue weighted by molar-refractivity contribution is -0.138. The summed E-state index contributed by atoms with van der Waals surface area (Å²) in [5.41, 5.74) is 0.810. The number of carbonyl (C=O) groups is 1. The molecule has 0 atom stereocenters. The van der Waals surface area contributed by atoms with Gasteiger partial charge in [0.15, 0.2) is 0 Å². The minimum absolute atomic E-state index is 0.0856. The third kappa shape index (κ3) is 5.32. The molecule has 0 amide bonds. The summed E-state index contributed by atoms with van der Waals surface area (Å²) in [4.78, 5) is 14.2. The van der Waals surface area contributed by atoms with Crippen LogP contribution in [-0.2, 0) is 9.53 Å². The Bertz CT molecular complexity index is 816. The summed E-state index contributed by atoms with van der Waals surface area (Å²) in [5.74, 6) is 0.433. The molecule has 0 saturated heterocycles. The van der Waals surface area contributed by atoms with Gasteiger partial charge < -0.3 is 14.1 Å². The van der Waals surface area contributed by atoms with Gasteiger partial charge in [-0.2, -0.15) is 5.26 Å². The first kappa shape index (κ1) is 20.0. The predicted octanol–water partition coefficient (Wildman–Crippen LogP) is 4.50. The molecule has 2 aromatic rings. The van der Waals surface area contributed by atoms with E-state index in [1.54, 1.807) is 12.1 Å². The van der Waals surface area contributed by atoms with Gasteiger partial charge in [-0.3, -0.25) is 0 Å². The highest BCUT2D eigenvalue weighted by molar-refractivity contribution is 9.10. The maximum absolute atomic E-state index is 12.1. The Labute approximate surface area is 162 Å². The normalized spacial score (nSPS) is 11.4. The molecule has 0 radical (unpaired) electrons. The topological polar surface area (TPSA) is 66.5 Å². The van der Waals surface area contributed by atoms with Crippen molar-refractivity contribution in [2.45, 2.75) is 13.8 Å². The van der Waals surface area contributed by atoms with E-state index in [1.807, 2.05) is 44.2 Å². The summed E-state index contributed by atoms with van der Waals surface area (Å²) in [5, 5.41) is 9.25. The molecule has 2 rings (SSSR count). The van der Waals surface area contributed by atoms with Crippen LogP contribution in [-0.4, -0.2) is 37.1 Å². The molecule has 0 N–H and O–H groups in total. The predicted molar refractivity (Wildman–Crippen MR) is 104 cm³/mol. The average Bonchev–Trinajstić information content (AvgIpc) is 3.12. The first-order valence-electron chi connectivity index (χ1n) is 8.45. The summed E-state index contributed by atoms with van der Waals surface area (Å²) >= 11 is 3.48. The zero-order valence-corrected chi connectivity index (χ0v) is 16.5. The van der Waals surface area contributed by atoms with E-state index in [0.29, 0.717) is 18.1 Å². The van der Waals surface area contributed by atoms with Crippen LogP contribution in [0.4, 0.5) is 0 Å². The zero-order chi connectivity index (χ0) is 18.9. The fourth-order valence-electron chi connectivity index (χ4n) is 2.40. The van der Waals surface area contributed by atoms with Crippen molar-refractivity contribution in [2.75, 3.05) is 26.2 Å². The SMILES string of the molecule is CCN(CC)CCOC(=O)/C(C#N)=C/c1ccc(-c2ccccc2Br)o1. The number of halogens is 1. The quantitative estimate of drug-likeness (QED) is 0.360. The molecule has 0 saturated carbocycles. The van der Waals surface area contributed by atoms with Crippen LogP contribution in [0, 0.1) is 11.3 Å². The largest absolute Gasteiger partial charge is 0.460 e. The number of hydrogen-bond donors (Lipinski definition) is 0. The molecule has 0 spiro atoms. The van der Waals surface area contributed by atoms with Crippen molar-refractivity contribution in [3.63, 3.8) is 0 Å². The minimum atomic E-state index is -0.640. The zero-order valence-electron chi connectivity index (χ0n) is 14.9. The Morgan fingerprint density at radius 1 is 1.27 bits per heavy atom. The number of esters is 1. The first-order valence-corrected chi connectivity index (χ1v) is 9.24. The van der Waals surface area contributed by atoms with E-state index in [9.17, 15) is 10.1 Å². The monoisotopic (exact) mass is 416 g/mol.